The molecule has 1 heterocycles. The second-order valence-corrected chi connectivity index (χ2v) is 6.01. The van der Waals surface area contributed by atoms with E-state index in [4.69, 9.17) is 0 Å². The van der Waals surface area contributed by atoms with Crippen molar-refractivity contribution in [2.24, 2.45) is 0 Å². The van der Waals surface area contributed by atoms with E-state index in [1.807, 2.05) is 24.3 Å². The van der Waals surface area contributed by atoms with Crippen molar-refractivity contribution in [3.05, 3.63) is 46.4 Å². The third kappa shape index (κ3) is 1.79. The van der Waals surface area contributed by atoms with E-state index in [0.717, 1.165) is 10.0 Å². The molecule has 0 fully saturated rings. The summed E-state index contributed by atoms with van der Waals surface area (Å²) in [5, 5.41) is 2.38. The van der Waals surface area contributed by atoms with Crippen molar-refractivity contribution >= 4 is 53.2 Å². The Kier molecular flexibility index (Phi) is 2.53. The van der Waals surface area contributed by atoms with E-state index in [0.29, 0.717) is 0 Å². The first kappa shape index (κ1) is 10.9. The van der Waals surface area contributed by atoms with Crippen molar-refractivity contribution in [2.45, 2.75) is 6.92 Å². The van der Waals surface area contributed by atoms with Gasteiger partial charge in [-0.25, -0.2) is 0 Å². The van der Waals surface area contributed by atoms with Gasteiger partial charge in [0.2, 0.25) is 0 Å². The maximum atomic E-state index is 11.4. The van der Waals surface area contributed by atoms with Crippen LogP contribution in [0.4, 0.5) is 0 Å². The van der Waals surface area contributed by atoms with Crippen LogP contribution in [0.2, 0.25) is 0 Å². The van der Waals surface area contributed by atoms with Crippen molar-refractivity contribution < 1.29 is 4.79 Å². The van der Waals surface area contributed by atoms with Crippen molar-refractivity contribution in [3.63, 3.8) is 0 Å². The fraction of sp³-hybridized carbons (Fsp3) is 0.0714. The highest BCUT2D eigenvalue weighted by atomic mass is 79.9. The summed E-state index contributed by atoms with van der Waals surface area (Å²) in [6.45, 7) is 1.60. The second-order valence-electron chi connectivity index (χ2n) is 4.01. The topological polar surface area (TPSA) is 17.1 Å². The molecule has 84 valence electrons. The first-order chi connectivity index (χ1) is 8.15. The summed E-state index contributed by atoms with van der Waals surface area (Å²) in [6.07, 6.45) is 0. The van der Waals surface area contributed by atoms with E-state index in [1.54, 1.807) is 18.3 Å². The fourth-order valence-electron chi connectivity index (χ4n) is 1.97. The predicted molar refractivity (Wildman–Crippen MR) is 77.0 cm³/mol. The van der Waals surface area contributed by atoms with E-state index in [1.165, 1.54) is 20.2 Å². The van der Waals surface area contributed by atoms with Gasteiger partial charge in [-0.2, -0.15) is 0 Å². The minimum Gasteiger partial charge on any atom is -0.295 e. The quantitative estimate of drug-likeness (QED) is 0.577. The van der Waals surface area contributed by atoms with Gasteiger partial charge in [0.15, 0.2) is 5.78 Å². The molecule has 2 aromatic carbocycles. The molecule has 1 aromatic heterocycles. The Labute approximate surface area is 111 Å². The van der Waals surface area contributed by atoms with Crippen LogP contribution in [-0.4, -0.2) is 5.78 Å². The average molecular weight is 305 g/mol. The lowest BCUT2D eigenvalue weighted by molar-refractivity contribution is 0.101. The average Bonchev–Trinajstić information content (AvgIpc) is 2.66. The van der Waals surface area contributed by atoms with Gasteiger partial charge in [-0.15, -0.1) is 11.3 Å². The molecule has 3 heteroatoms. The van der Waals surface area contributed by atoms with Gasteiger partial charge in [0.1, 0.15) is 0 Å². The van der Waals surface area contributed by atoms with Gasteiger partial charge < -0.3 is 0 Å². The number of rotatable bonds is 1. The highest BCUT2D eigenvalue weighted by Crippen LogP contribution is 2.35. The Balaban J connectivity index is 2.43. The van der Waals surface area contributed by atoms with E-state index >= 15 is 0 Å². The van der Waals surface area contributed by atoms with Gasteiger partial charge in [0.05, 0.1) is 0 Å². The number of hydrogen-bond donors (Lipinski definition) is 0. The molecular formula is C14H9BrOS. The number of fused-ring (bicyclic) bond motifs is 3. The summed E-state index contributed by atoms with van der Waals surface area (Å²) in [7, 11) is 0. The van der Waals surface area contributed by atoms with E-state index in [-0.39, 0.29) is 5.78 Å². The molecule has 0 unspecified atom stereocenters. The van der Waals surface area contributed by atoms with Crippen molar-refractivity contribution in [1.29, 1.82) is 0 Å². The summed E-state index contributed by atoms with van der Waals surface area (Å²) in [5.41, 5.74) is 0.775. The van der Waals surface area contributed by atoms with Gasteiger partial charge >= 0.3 is 0 Å². The van der Waals surface area contributed by atoms with Gasteiger partial charge in [-0.1, -0.05) is 15.9 Å². The molecule has 0 atom stereocenters. The van der Waals surface area contributed by atoms with E-state index in [2.05, 4.69) is 28.1 Å². The maximum Gasteiger partial charge on any atom is 0.159 e. The number of hydrogen-bond acceptors (Lipinski definition) is 2. The van der Waals surface area contributed by atoms with Crippen LogP contribution in [0.1, 0.15) is 17.3 Å². The smallest absolute Gasteiger partial charge is 0.159 e. The standard InChI is InChI=1S/C14H9BrOS/c1-8(16)9-2-4-13-11(6-9)12-7-10(15)3-5-14(12)17-13/h2-7H,1H3. The SMILES string of the molecule is CC(=O)c1ccc2sc3ccc(Br)cc3c2c1. The Bertz CT molecular complexity index is 742. The minimum absolute atomic E-state index is 0.112. The molecule has 0 amide bonds. The van der Waals surface area contributed by atoms with Gasteiger partial charge in [0.25, 0.3) is 0 Å². The first-order valence-electron chi connectivity index (χ1n) is 5.28. The van der Waals surface area contributed by atoms with Crippen LogP contribution in [0.3, 0.4) is 0 Å². The maximum absolute atomic E-state index is 11.4. The second kappa shape index (κ2) is 3.93. The lowest BCUT2D eigenvalue weighted by Crippen LogP contribution is -1.89. The summed E-state index contributed by atoms with van der Waals surface area (Å²) in [4.78, 5) is 11.4. The summed E-state index contributed by atoms with van der Waals surface area (Å²) in [6, 6.07) is 12.2. The highest BCUT2D eigenvalue weighted by Gasteiger charge is 2.07. The van der Waals surface area contributed by atoms with Crippen LogP contribution in [0.5, 0.6) is 0 Å². The third-order valence-electron chi connectivity index (χ3n) is 2.84. The lowest BCUT2D eigenvalue weighted by Gasteiger charge is -1.96. The number of ketones is 1. The van der Waals surface area contributed by atoms with E-state index < -0.39 is 0 Å². The molecule has 0 spiro atoms. The molecule has 0 saturated carbocycles. The van der Waals surface area contributed by atoms with E-state index in [9.17, 15) is 4.79 Å². The molecule has 0 bridgehead atoms. The highest BCUT2D eigenvalue weighted by molar-refractivity contribution is 9.10. The molecule has 0 aliphatic heterocycles. The number of carbonyl (C=O) groups excluding carboxylic acids is 1. The van der Waals surface area contributed by atoms with Crippen molar-refractivity contribution in [1.82, 2.24) is 0 Å². The van der Waals surface area contributed by atoms with Crippen molar-refractivity contribution in [3.8, 4) is 0 Å². The number of thiophene rings is 1. The van der Waals surface area contributed by atoms with Crippen molar-refractivity contribution in [2.75, 3.05) is 0 Å². The number of Topliss-reactive ketones (excluding diaryl/α,β-unsaturated/α-hetero) is 1. The Hall–Kier alpha value is -1.19. The Morgan fingerprint density at radius 3 is 2.41 bits per heavy atom. The summed E-state index contributed by atoms with van der Waals surface area (Å²) >= 11 is 5.25. The molecule has 17 heavy (non-hydrogen) atoms. The molecule has 0 aliphatic rings. The monoisotopic (exact) mass is 304 g/mol. The third-order valence-corrected chi connectivity index (χ3v) is 4.48. The molecule has 3 rings (SSSR count). The van der Waals surface area contributed by atoms with Crippen LogP contribution < -0.4 is 0 Å². The number of benzene rings is 2. The number of carbonyl (C=O) groups is 1. The zero-order valence-corrected chi connectivity index (χ0v) is 11.6. The zero-order chi connectivity index (χ0) is 12.0. The molecular weight excluding hydrogens is 296 g/mol. The molecule has 0 aliphatic carbocycles. The van der Waals surface area contributed by atoms with Crippen LogP contribution in [0.15, 0.2) is 40.9 Å². The number of halogens is 1. The Morgan fingerprint density at radius 1 is 1.06 bits per heavy atom. The fourth-order valence-corrected chi connectivity index (χ4v) is 3.40. The summed E-state index contributed by atoms with van der Waals surface area (Å²) < 4.78 is 3.55. The lowest BCUT2D eigenvalue weighted by atomic mass is 10.1. The molecule has 0 saturated heterocycles. The minimum atomic E-state index is 0.112. The summed E-state index contributed by atoms with van der Waals surface area (Å²) in [5.74, 6) is 0.112. The Morgan fingerprint density at radius 2 is 1.71 bits per heavy atom. The zero-order valence-electron chi connectivity index (χ0n) is 9.16. The first-order valence-corrected chi connectivity index (χ1v) is 6.89. The van der Waals surface area contributed by atoms with Gasteiger partial charge in [0, 0.05) is 30.2 Å². The van der Waals surface area contributed by atoms with Crippen LogP contribution in [0.25, 0.3) is 20.2 Å². The predicted octanol–water partition coefficient (Wildman–Crippen LogP) is 5.02. The molecule has 1 nitrogen and oxygen atoms in total. The van der Waals surface area contributed by atoms with Gasteiger partial charge in [-0.3, -0.25) is 4.79 Å². The van der Waals surface area contributed by atoms with Crippen LogP contribution >= 0.6 is 27.3 Å². The molecule has 3 aromatic rings. The van der Waals surface area contributed by atoms with Crippen LogP contribution in [-0.2, 0) is 0 Å². The van der Waals surface area contributed by atoms with Crippen LogP contribution in [0, 0.1) is 0 Å². The largest absolute Gasteiger partial charge is 0.295 e. The molecule has 0 radical (unpaired) electrons. The van der Waals surface area contributed by atoms with Gasteiger partial charge in [-0.05, 0) is 43.3 Å². The normalized spacial score (nSPS) is 11.2. The molecule has 0 N–H and O–H groups in total.